The van der Waals surface area contributed by atoms with Crippen LogP contribution in [0.3, 0.4) is 0 Å². The van der Waals surface area contributed by atoms with E-state index in [-0.39, 0.29) is 5.41 Å². The van der Waals surface area contributed by atoms with Gasteiger partial charge in [-0.2, -0.15) is 5.26 Å². The molecule has 2 nitrogen and oxygen atoms in total. The standard InChI is InChI=1S/C17H24N2/c1-17(2,3)15-8-4-5-9-16(15)19-12-6-7-14(13-19)10-11-18/h4-5,8-9,14H,6-7,10,12-13H2,1-3H3. The number of nitrogens with zero attached hydrogens (tertiary/aromatic N) is 2. The molecule has 2 heteroatoms. The number of para-hydroxylation sites is 1. The maximum atomic E-state index is 8.89. The van der Waals surface area contributed by atoms with E-state index in [9.17, 15) is 0 Å². The molecule has 1 saturated heterocycles. The third kappa shape index (κ3) is 3.29. The molecular weight excluding hydrogens is 232 g/mol. The third-order valence-corrected chi connectivity index (χ3v) is 3.95. The van der Waals surface area contributed by atoms with E-state index in [1.165, 1.54) is 24.1 Å². The quantitative estimate of drug-likeness (QED) is 0.796. The van der Waals surface area contributed by atoms with E-state index in [2.05, 4.69) is 56.0 Å². The second-order valence-electron chi connectivity index (χ2n) is 6.58. The van der Waals surface area contributed by atoms with Crippen molar-refractivity contribution >= 4 is 5.69 Å². The Hall–Kier alpha value is -1.49. The topological polar surface area (TPSA) is 27.0 Å². The maximum absolute atomic E-state index is 8.89. The summed E-state index contributed by atoms with van der Waals surface area (Å²) >= 11 is 0. The minimum atomic E-state index is 0.165. The van der Waals surface area contributed by atoms with Gasteiger partial charge in [0.1, 0.15) is 0 Å². The minimum Gasteiger partial charge on any atom is -0.371 e. The summed E-state index contributed by atoms with van der Waals surface area (Å²) in [5.74, 6) is 0.534. The lowest BCUT2D eigenvalue weighted by Crippen LogP contribution is -2.36. The molecule has 1 aromatic carbocycles. The predicted octanol–water partition coefficient (Wildman–Crippen LogP) is 4.11. The first kappa shape index (κ1) is 13.9. The Morgan fingerprint density at radius 1 is 1.32 bits per heavy atom. The summed E-state index contributed by atoms with van der Waals surface area (Å²) in [6, 6.07) is 11.0. The number of rotatable bonds is 2. The van der Waals surface area contributed by atoms with Crippen LogP contribution in [-0.2, 0) is 5.41 Å². The highest BCUT2D eigenvalue weighted by Gasteiger charge is 2.25. The second kappa shape index (κ2) is 5.65. The van der Waals surface area contributed by atoms with Crippen molar-refractivity contribution in [3.8, 4) is 6.07 Å². The number of hydrogen-bond donors (Lipinski definition) is 0. The van der Waals surface area contributed by atoms with Crippen molar-refractivity contribution < 1.29 is 0 Å². The number of anilines is 1. The Labute approximate surface area is 117 Å². The zero-order chi connectivity index (χ0) is 13.9. The van der Waals surface area contributed by atoms with Gasteiger partial charge >= 0.3 is 0 Å². The van der Waals surface area contributed by atoms with Gasteiger partial charge in [-0.3, -0.25) is 0 Å². The zero-order valence-electron chi connectivity index (χ0n) is 12.3. The summed E-state index contributed by atoms with van der Waals surface area (Å²) in [6.45, 7) is 8.95. The first-order valence-corrected chi connectivity index (χ1v) is 7.24. The highest BCUT2D eigenvalue weighted by atomic mass is 15.1. The van der Waals surface area contributed by atoms with Crippen LogP contribution in [0.2, 0.25) is 0 Å². The smallest absolute Gasteiger partial charge is 0.0625 e. The van der Waals surface area contributed by atoms with E-state index in [1.54, 1.807) is 0 Å². The van der Waals surface area contributed by atoms with Gasteiger partial charge in [0.2, 0.25) is 0 Å². The third-order valence-electron chi connectivity index (χ3n) is 3.95. The largest absolute Gasteiger partial charge is 0.371 e. The second-order valence-corrected chi connectivity index (χ2v) is 6.58. The minimum absolute atomic E-state index is 0.165. The van der Waals surface area contributed by atoms with Crippen LogP contribution in [0.4, 0.5) is 5.69 Å². The molecule has 1 aliphatic heterocycles. The van der Waals surface area contributed by atoms with Crippen LogP contribution in [-0.4, -0.2) is 13.1 Å². The molecule has 0 spiro atoms. The van der Waals surface area contributed by atoms with Gasteiger partial charge in [0, 0.05) is 25.2 Å². The molecule has 1 aromatic rings. The molecule has 0 N–H and O–H groups in total. The van der Waals surface area contributed by atoms with Crippen molar-refractivity contribution in [3.63, 3.8) is 0 Å². The molecule has 0 aliphatic carbocycles. The van der Waals surface area contributed by atoms with Crippen LogP contribution < -0.4 is 4.90 Å². The molecule has 1 atom stereocenters. The lowest BCUT2D eigenvalue weighted by atomic mass is 9.84. The van der Waals surface area contributed by atoms with Gasteiger partial charge in [0.15, 0.2) is 0 Å². The van der Waals surface area contributed by atoms with Crippen molar-refractivity contribution in [2.45, 2.75) is 45.4 Å². The average Bonchev–Trinajstić information content (AvgIpc) is 2.38. The summed E-state index contributed by atoms with van der Waals surface area (Å²) in [6.07, 6.45) is 3.08. The summed E-state index contributed by atoms with van der Waals surface area (Å²) in [4.78, 5) is 2.48. The van der Waals surface area contributed by atoms with Crippen molar-refractivity contribution in [1.82, 2.24) is 0 Å². The summed E-state index contributed by atoms with van der Waals surface area (Å²) in [5, 5.41) is 8.89. The fourth-order valence-corrected chi connectivity index (χ4v) is 2.96. The predicted molar refractivity (Wildman–Crippen MR) is 80.3 cm³/mol. The van der Waals surface area contributed by atoms with Gasteiger partial charge in [-0.15, -0.1) is 0 Å². The van der Waals surface area contributed by atoms with Gasteiger partial charge in [-0.25, -0.2) is 0 Å². The Morgan fingerprint density at radius 2 is 2.05 bits per heavy atom. The Bertz CT molecular complexity index is 465. The Morgan fingerprint density at radius 3 is 2.74 bits per heavy atom. The van der Waals surface area contributed by atoms with Gasteiger partial charge in [0.05, 0.1) is 6.07 Å². The number of hydrogen-bond acceptors (Lipinski definition) is 2. The average molecular weight is 256 g/mol. The van der Waals surface area contributed by atoms with E-state index in [4.69, 9.17) is 5.26 Å². The molecule has 0 aromatic heterocycles. The molecule has 2 rings (SSSR count). The summed E-state index contributed by atoms with van der Waals surface area (Å²) < 4.78 is 0. The SMILES string of the molecule is CC(C)(C)c1ccccc1N1CCCC(CC#N)C1. The highest BCUT2D eigenvalue weighted by Crippen LogP contribution is 2.34. The van der Waals surface area contributed by atoms with E-state index in [0.29, 0.717) is 12.3 Å². The molecule has 1 heterocycles. The first-order chi connectivity index (χ1) is 9.02. The van der Waals surface area contributed by atoms with Crippen LogP contribution in [0, 0.1) is 17.2 Å². The monoisotopic (exact) mass is 256 g/mol. The van der Waals surface area contributed by atoms with Gasteiger partial charge in [-0.1, -0.05) is 39.0 Å². The van der Waals surface area contributed by atoms with E-state index >= 15 is 0 Å². The number of benzene rings is 1. The van der Waals surface area contributed by atoms with Crippen LogP contribution in [0.15, 0.2) is 24.3 Å². The lowest BCUT2D eigenvalue weighted by Gasteiger charge is -2.37. The van der Waals surface area contributed by atoms with Crippen LogP contribution >= 0.6 is 0 Å². The van der Waals surface area contributed by atoms with Crippen molar-refractivity contribution in [2.24, 2.45) is 5.92 Å². The molecule has 102 valence electrons. The molecule has 19 heavy (non-hydrogen) atoms. The van der Waals surface area contributed by atoms with E-state index in [1.807, 2.05) is 0 Å². The van der Waals surface area contributed by atoms with Gasteiger partial charge in [0.25, 0.3) is 0 Å². The van der Waals surface area contributed by atoms with Crippen molar-refractivity contribution in [2.75, 3.05) is 18.0 Å². The molecular formula is C17H24N2. The maximum Gasteiger partial charge on any atom is 0.0625 e. The van der Waals surface area contributed by atoms with Gasteiger partial charge in [-0.05, 0) is 35.8 Å². The van der Waals surface area contributed by atoms with E-state index < -0.39 is 0 Å². The molecule has 0 saturated carbocycles. The molecule has 0 radical (unpaired) electrons. The van der Waals surface area contributed by atoms with Crippen LogP contribution in [0.1, 0.15) is 45.6 Å². The normalized spacial score (nSPS) is 20.1. The lowest BCUT2D eigenvalue weighted by molar-refractivity contribution is 0.420. The molecule has 0 amide bonds. The Kier molecular flexibility index (Phi) is 4.14. The van der Waals surface area contributed by atoms with Gasteiger partial charge < -0.3 is 4.90 Å². The molecule has 1 fully saturated rings. The Balaban J connectivity index is 2.24. The van der Waals surface area contributed by atoms with Crippen molar-refractivity contribution in [3.05, 3.63) is 29.8 Å². The van der Waals surface area contributed by atoms with Crippen LogP contribution in [0.25, 0.3) is 0 Å². The highest BCUT2D eigenvalue weighted by molar-refractivity contribution is 5.56. The molecule has 1 aliphatic rings. The number of nitriles is 1. The van der Waals surface area contributed by atoms with E-state index in [0.717, 1.165) is 13.1 Å². The fraction of sp³-hybridized carbons (Fsp3) is 0.588. The molecule has 0 bridgehead atoms. The fourth-order valence-electron chi connectivity index (χ4n) is 2.96. The number of piperidine rings is 1. The first-order valence-electron chi connectivity index (χ1n) is 7.24. The van der Waals surface area contributed by atoms with Crippen molar-refractivity contribution in [1.29, 1.82) is 5.26 Å². The van der Waals surface area contributed by atoms with Crippen LogP contribution in [0.5, 0.6) is 0 Å². The summed E-state index contributed by atoms with van der Waals surface area (Å²) in [5.41, 5.74) is 2.93. The zero-order valence-corrected chi connectivity index (χ0v) is 12.3. The molecule has 1 unspecified atom stereocenters. The summed E-state index contributed by atoms with van der Waals surface area (Å²) in [7, 11) is 0.